The van der Waals surface area contributed by atoms with E-state index in [1.54, 1.807) is 36.9 Å². The molecule has 0 saturated heterocycles. The number of furan rings is 1. The molecule has 4 rings (SSSR count). The minimum absolute atomic E-state index is 0.0701. The Morgan fingerprint density at radius 3 is 2.90 bits per heavy atom. The lowest BCUT2D eigenvalue weighted by molar-refractivity contribution is -0.113. The Labute approximate surface area is 186 Å². The number of benzene rings is 1. The molecule has 10 heteroatoms. The SMILES string of the molecule is N#Cc1ccc(Cl)cc1NC(=O)CSc1nnc(-c2cccnc2)n1Cc1ccco1. The van der Waals surface area contributed by atoms with E-state index in [0.717, 1.165) is 11.3 Å². The fraction of sp³-hybridized carbons (Fsp3) is 0.0952. The third-order valence-electron chi connectivity index (χ3n) is 4.24. The first-order chi connectivity index (χ1) is 15.1. The second kappa shape index (κ2) is 9.47. The maximum Gasteiger partial charge on any atom is 0.234 e. The van der Waals surface area contributed by atoms with Crippen LogP contribution in [0.4, 0.5) is 5.69 Å². The third kappa shape index (κ3) is 4.94. The number of halogens is 1. The minimum atomic E-state index is -0.292. The summed E-state index contributed by atoms with van der Waals surface area (Å²) in [5.41, 5.74) is 1.51. The molecule has 1 aromatic carbocycles. The molecule has 0 saturated carbocycles. The van der Waals surface area contributed by atoms with Crippen LogP contribution < -0.4 is 5.32 Å². The zero-order valence-electron chi connectivity index (χ0n) is 16.0. The molecular weight excluding hydrogens is 436 g/mol. The van der Waals surface area contributed by atoms with Gasteiger partial charge < -0.3 is 9.73 Å². The Kier molecular flexibility index (Phi) is 6.31. The van der Waals surface area contributed by atoms with Crippen LogP contribution in [0.15, 0.2) is 70.7 Å². The molecule has 0 atom stereocenters. The predicted molar refractivity (Wildman–Crippen MR) is 117 cm³/mol. The molecule has 1 N–H and O–H groups in total. The van der Waals surface area contributed by atoms with Crippen molar-refractivity contribution in [2.24, 2.45) is 0 Å². The molecule has 0 aliphatic heterocycles. The summed E-state index contributed by atoms with van der Waals surface area (Å²) in [4.78, 5) is 16.6. The van der Waals surface area contributed by atoms with Crippen LogP contribution in [-0.2, 0) is 11.3 Å². The monoisotopic (exact) mass is 450 g/mol. The number of rotatable bonds is 7. The second-order valence-corrected chi connectivity index (χ2v) is 7.73. The number of nitriles is 1. The van der Waals surface area contributed by atoms with Gasteiger partial charge in [-0.2, -0.15) is 5.26 Å². The smallest absolute Gasteiger partial charge is 0.234 e. The molecule has 31 heavy (non-hydrogen) atoms. The van der Waals surface area contributed by atoms with Crippen LogP contribution in [0.5, 0.6) is 0 Å². The Morgan fingerprint density at radius 2 is 2.16 bits per heavy atom. The van der Waals surface area contributed by atoms with Crippen molar-refractivity contribution in [2.75, 3.05) is 11.1 Å². The van der Waals surface area contributed by atoms with E-state index in [1.807, 2.05) is 34.9 Å². The van der Waals surface area contributed by atoms with Gasteiger partial charge in [0, 0.05) is 23.0 Å². The van der Waals surface area contributed by atoms with E-state index in [9.17, 15) is 10.1 Å². The number of anilines is 1. The number of thioether (sulfide) groups is 1. The van der Waals surface area contributed by atoms with Gasteiger partial charge in [-0.25, -0.2) is 0 Å². The molecule has 0 radical (unpaired) electrons. The molecule has 0 spiro atoms. The van der Waals surface area contributed by atoms with Crippen molar-refractivity contribution in [2.45, 2.75) is 11.7 Å². The second-order valence-electron chi connectivity index (χ2n) is 6.35. The zero-order valence-corrected chi connectivity index (χ0v) is 17.6. The van der Waals surface area contributed by atoms with Crippen molar-refractivity contribution in [3.05, 3.63) is 77.5 Å². The van der Waals surface area contributed by atoms with Gasteiger partial charge in [-0.05, 0) is 42.5 Å². The molecule has 4 aromatic rings. The summed E-state index contributed by atoms with van der Waals surface area (Å²) in [5.74, 6) is 1.13. The standard InChI is InChI=1S/C21H15ClN6O2S/c22-16-6-5-14(10-23)18(9-16)25-19(29)13-31-21-27-26-20(15-3-1-7-24-11-15)28(21)12-17-4-2-8-30-17/h1-9,11H,12-13H2,(H,25,29). The molecule has 3 aromatic heterocycles. The van der Waals surface area contributed by atoms with E-state index < -0.39 is 0 Å². The van der Waals surface area contributed by atoms with Crippen molar-refractivity contribution >= 4 is 35.0 Å². The van der Waals surface area contributed by atoms with Crippen molar-refractivity contribution < 1.29 is 9.21 Å². The van der Waals surface area contributed by atoms with Gasteiger partial charge in [0.25, 0.3) is 0 Å². The molecular formula is C21H15ClN6O2S. The predicted octanol–water partition coefficient (Wildman–Crippen LogP) is 4.24. The summed E-state index contributed by atoms with van der Waals surface area (Å²) < 4.78 is 7.34. The maximum absolute atomic E-state index is 12.5. The number of nitrogens with one attached hydrogen (secondary N) is 1. The van der Waals surface area contributed by atoms with Crippen LogP contribution in [0.1, 0.15) is 11.3 Å². The number of carbonyl (C=O) groups is 1. The van der Waals surface area contributed by atoms with E-state index >= 15 is 0 Å². The highest BCUT2D eigenvalue weighted by atomic mass is 35.5. The molecule has 3 heterocycles. The van der Waals surface area contributed by atoms with Gasteiger partial charge in [0.15, 0.2) is 11.0 Å². The summed E-state index contributed by atoms with van der Waals surface area (Å²) in [7, 11) is 0. The van der Waals surface area contributed by atoms with E-state index in [-0.39, 0.29) is 11.7 Å². The number of carbonyl (C=O) groups excluding carboxylic acids is 1. The fourth-order valence-corrected chi connectivity index (χ4v) is 3.75. The van der Waals surface area contributed by atoms with Gasteiger partial charge >= 0.3 is 0 Å². The van der Waals surface area contributed by atoms with Crippen LogP contribution in [0.25, 0.3) is 11.4 Å². The quantitative estimate of drug-likeness (QED) is 0.419. The van der Waals surface area contributed by atoms with Crippen molar-refractivity contribution in [3.8, 4) is 17.5 Å². The first-order valence-corrected chi connectivity index (χ1v) is 10.5. The zero-order chi connectivity index (χ0) is 21.6. The van der Waals surface area contributed by atoms with E-state index in [4.69, 9.17) is 16.0 Å². The summed E-state index contributed by atoms with van der Waals surface area (Å²) in [6, 6.07) is 14.1. The van der Waals surface area contributed by atoms with E-state index in [1.165, 1.54) is 11.8 Å². The number of hydrogen-bond donors (Lipinski definition) is 1. The first kappa shape index (κ1) is 20.7. The number of pyridine rings is 1. The molecule has 0 bridgehead atoms. The third-order valence-corrected chi connectivity index (χ3v) is 5.44. The minimum Gasteiger partial charge on any atom is -0.467 e. The molecule has 0 aliphatic carbocycles. The van der Waals surface area contributed by atoms with Gasteiger partial charge in [0.2, 0.25) is 5.91 Å². The number of hydrogen-bond acceptors (Lipinski definition) is 7. The summed E-state index contributed by atoms with van der Waals surface area (Å²) in [6.45, 7) is 0.404. The van der Waals surface area contributed by atoms with Gasteiger partial charge in [-0.15, -0.1) is 10.2 Å². The van der Waals surface area contributed by atoms with Crippen molar-refractivity contribution in [1.29, 1.82) is 5.26 Å². The number of nitrogens with zero attached hydrogens (tertiary/aromatic N) is 5. The van der Waals surface area contributed by atoms with Crippen LogP contribution in [-0.4, -0.2) is 31.4 Å². The fourth-order valence-electron chi connectivity index (χ4n) is 2.84. The van der Waals surface area contributed by atoms with Crippen molar-refractivity contribution in [3.63, 3.8) is 0 Å². The Balaban J connectivity index is 1.53. The van der Waals surface area contributed by atoms with Gasteiger partial charge in [0.05, 0.1) is 29.8 Å². The largest absolute Gasteiger partial charge is 0.467 e. The normalized spacial score (nSPS) is 10.6. The molecule has 1 amide bonds. The van der Waals surface area contributed by atoms with E-state index in [0.29, 0.717) is 33.8 Å². The number of aromatic nitrogens is 4. The highest BCUT2D eigenvalue weighted by Crippen LogP contribution is 2.26. The average molecular weight is 451 g/mol. The summed E-state index contributed by atoms with van der Waals surface area (Å²) in [5, 5.41) is 21.5. The van der Waals surface area contributed by atoms with E-state index in [2.05, 4.69) is 20.5 Å². The summed E-state index contributed by atoms with van der Waals surface area (Å²) >= 11 is 7.21. The Hall–Kier alpha value is -3.61. The molecule has 0 fully saturated rings. The van der Waals surface area contributed by atoms with Gasteiger partial charge in [0.1, 0.15) is 11.8 Å². The highest BCUT2D eigenvalue weighted by molar-refractivity contribution is 7.99. The lowest BCUT2D eigenvalue weighted by Crippen LogP contribution is -2.15. The molecule has 0 unspecified atom stereocenters. The van der Waals surface area contributed by atoms with Gasteiger partial charge in [-0.3, -0.25) is 14.3 Å². The number of amides is 1. The highest BCUT2D eigenvalue weighted by Gasteiger charge is 2.17. The topological polar surface area (TPSA) is 110 Å². The van der Waals surface area contributed by atoms with Gasteiger partial charge in [-0.1, -0.05) is 23.4 Å². The van der Waals surface area contributed by atoms with Crippen molar-refractivity contribution in [1.82, 2.24) is 19.7 Å². The summed E-state index contributed by atoms with van der Waals surface area (Å²) in [6.07, 6.45) is 4.98. The van der Waals surface area contributed by atoms with Crippen LogP contribution in [0.3, 0.4) is 0 Å². The maximum atomic E-state index is 12.5. The molecule has 0 aliphatic rings. The average Bonchev–Trinajstić information content (AvgIpc) is 3.43. The molecule has 8 nitrogen and oxygen atoms in total. The lowest BCUT2D eigenvalue weighted by Gasteiger charge is -2.09. The molecule has 154 valence electrons. The Morgan fingerprint density at radius 1 is 1.26 bits per heavy atom. The van der Waals surface area contributed by atoms with Crippen LogP contribution in [0.2, 0.25) is 5.02 Å². The lowest BCUT2D eigenvalue weighted by atomic mass is 10.2. The Bertz CT molecular complexity index is 1230. The van der Waals surface area contributed by atoms with Crippen LogP contribution in [0, 0.1) is 11.3 Å². The van der Waals surface area contributed by atoms with Crippen LogP contribution >= 0.6 is 23.4 Å². The first-order valence-electron chi connectivity index (χ1n) is 9.12.